The van der Waals surface area contributed by atoms with Crippen molar-refractivity contribution >= 4 is 5.97 Å². The number of hydrogen-bond acceptors (Lipinski definition) is 2. The Morgan fingerprint density at radius 3 is 2.65 bits per heavy atom. The van der Waals surface area contributed by atoms with E-state index < -0.39 is 5.97 Å². The Morgan fingerprint density at radius 2 is 1.91 bits per heavy atom. The van der Waals surface area contributed by atoms with Gasteiger partial charge in [0.05, 0.1) is 5.56 Å². The van der Waals surface area contributed by atoms with Crippen LogP contribution in [0, 0.1) is 6.92 Å². The van der Waals surface area contributed by atoms with Gasteiger partial charge in [0.15, 0.2) is 0 Å². The summed E-state index contributed by atoms with van der Waals surface area (Å²) in [5.41, 5.74) is 5.33. The van der Waals surface area contributed by atoms with Crippen molar-refractivity contribution in [2.24, 2.45) is 0 Å². The molecule has 2 aromatic carbocycles. The number of benzene rings is 2. The summed E-state index contributed by atoms with van der Waals surface area (Å²) in [6.07, 6.45) is 2.96. The number of carboxylic acid groups (broad SMARTS) is 1. The molecule has 0 atom stereocenters. The number of carboxylic acids is 1. The molecule has 0 amide bonds. The molecule has 3 nitrogen and oxygen atoms in total. The van der Waals surface area contributed by atoms with Gasteiger partial charge in [0, 0.05) is 6.54 Å². The fourth-order valence-corrected chi connectivity index (χ4v) is 2.67. The maximum atomic E-state index is 11.0. The third-order valence-corrected chi connectivity index (χ3v) is 4.12. The summed E-state index contributed by atoms with van der Waals surface area (Å²) in [7, 11) is 0. The van der Waals surface area contributed by atoms with Crippen molar-refractivity contribution in [2.45, 2.75) is 39.7 Å². The summed E-state index contributed by atoms with van der Waals surface area (Å²) in [5.74, 6) is -0.861. The average Bonchev–Trinajstić information content (AvgIpc) is 2.56. The number of aryl methyl sites for hydroxylation is 3. The predicted molar refractivity (Wildman–Crippen MR) is 94.0 cm³/mol. The van der Waals surface area contributed by atoms with Gasteiger partial charge < -0.3 is 10.4 Å². The Morgan fingerprint density at radius 1 is 1.13 bits per heavy atom. The summed E-state index contributed by atoms with van der Waals surface area (Å²) in [5, 5.41) is 12.5. The highest BCUT2D eigenvalue weighted by molar-refractivity contribution is 5.87. The molecular weight excluding hydrogens is 286 g/mol. The van der Waals surface area contributed by atoms with Gasteiger partial charge in [-0.3, -0.25) is 0 Å². The topological polar surface area (TPSA) is 49.3 Å². The van der Waals surface area contributed by atoms with Crippen LogP contribution in [0.3, 0.4) is 0 Å². The SMILES string of the molecule is CCc1cccc(CNCCCc2cc(C(=O)O)ccc2C)c1. The molecule has 0 aliphatic heterocycles. The maximum absolute atomic E-state index is 11.0. The Hall–Kier alpha value is -2.13. The summed E-state index contributed by atoms with van der Waals surface area (Å²) in [6, 6.07) is 14.0. The second kappa shape index (κ2) is 8.49. The molecule has 2 N–H and O–H groups in total. The highest BCUT2D eigenvalue weighted by Crippen LogP contribution is 2.13. The van der Waals surface area contributed by atoms with E-state index in [1.54, 1.807) is 12.1 Å². The van der Waals surface area contributed by atoms with Crippen LogP contribution in [0.5, 0.6) is 0 Å². The van der Waals surface area contributed by atoms with Gasteiger partial charge in [-0.1, -0.05) is 37.3 Å². The molecule has 0 aliphatic carbocycles. The molecule has 3 heteroatoms. The molecule has 0 aromatic heterocycles. The first-order chi connectivity index (χ1) is 11.1. The summed E-state index contributed by atoms with van der Waals surface area (Å²) < 4.78 is 0. The van der Waals surface area contributed by atoms with E-state index in [9.17, 15) is 4.79 Å². The van der Waals surface area contributed by atoms with Crippen LogP contribution in [0.2, 0.25) is 0 Å². The Balaban J connectivity index is 1.79. The lowest BCUT2D eigenvalue weighted by molar-refractivity contribution is 0.0696. The van der Waals surface area contributed by atoms with Crippen molar-refractivity contribution in [1.29, 1.82) is 0 Å². The van der Waals surface area contributed by atoms with Gasteiger partial charge in [0.1, 0.15) is 0 Å². The summed E-state index contributed by atoms with van der Waals surface area (Å²) >= 11 is 0. The molecule has 0 bridgehead atoms. The highest BCUT2D eigenvalue weighted by atomic mass is 16.4. The van der Waals surface area contributed by atoms with Crippen molar-refractivity contribution in [3.8, 4) is 0 Å². The van der Waals surface area contributed by atoms with Crippen molar-refractivity contribution in [3.63, 3.8) is 0 Å². The molecule has 23 heavy (non-hydrogen) atoms. The van der Waals surface area contributed by atoms with Crippen molar-refractivity contribution < 1.29 is 9.90 Å². The van der Waals surface area contributed by atoms with Crippen LogP contribution in [0.25, 0.3) is 0 Å². The normalized spacial score (nSPS) is 10.7. The lowest BCUT2D eigenvalue weighted by atomic mass is 10.0. The smallest absolute Gasteiger partial charge is 0.335 e. The molecule has 0 radical (unpaired) electrons. The predicted octanol–water partition coefficient (Wildman–Crippen LogP) is 3.98. The van der Waals surface area contributed by atoms with E-state index in [0.717, 1.165) is 43.5 Å². The van der Waals surface area contributed by atoms with E-state index in [1.807, 2.05) is 13.0 Å². The molecule has 0 fully saturated rings. The van der Waals surface area contributed by atoms with Gasteiger partial charge in [0.2, 0.25) is 0 Å². The molecule has 2 rings (SSSR count). The zero-order valence-electron chi connectivity index (χ0n) is 13.9. The fourth-order valence-electron chi connectivity index (χ4n) is 2.67. The van der Waals surface area contributed by atoms with Gasteiger partial charge in [-0.2, -0.15) is 0 Å². The molecule has 0 heterocycles. The number of carbonyl (C=O) groups is 1. The van der Waals surface area contributed by atoms with Crippen LogP contribution in [0.15, 0.2) is 42.5 Å². The van der Waals surface area contributed by atoms with Crippen molar-refractivity contribution in [1.82, 2.24) is 5.32 Å². The van der Waals surface area contributed by atoms with Crippen LogP contribution < -0.4 is 5.32 Å². The van der Waals surface area contributed by atoms with E-state index in [-0.39, 0.29) is 0 Å². The minimum atomic E-state index is -0.861. The second-order valence-electron chi connectivity index (χ2n) is 5.90. The molecule has 2 aromatic rings. The van der Waals surface area contributed by atoms with Gasteiger partial charge in [-0.15, -0.1) is 0 Å². The quantitative estimate of drug-likeness (QED) is 0.725. The first-order valence-electron chi connectivity index (χ1n) is 8.21. The van der Waals surface area contributed by atoms with E-state index in [2.05, 4.69) is 36.5 Å². The first-order valence-corrected chi connectivity index (χ1v) is 8.21. The van der Waals surface area contributed by atoms with Gasteiger partial charge >= 0.3 is 5.97 Å². The van der Waals surface area contributed by atoms with E-state index in [4.69, 9.17) is 5.11 Å². The van der Waals surface area contributed by atoms with E-state index in [1.165, 1.54) is 11.1 Å². The number of aromatic carboxylic acids is 1. The molecule has 0 spiro atoms. The standard InChI is InChI=1S/C20H25NO2/c1-3-16-6-4-7-17(12-16)14-21-11-5-8-18-13-19(20(22)23)10-9-15(18)2/h4,6-7,9-10,12-13,21H,3,5,8,11,14H2,1-2H3,(H,22,23). The molecule has 0 unspecified atom stereocenters. The second-order valence-corrected chi connectivity index (χ2v) is 5.90. The summed E-state index contributed by atoms with van der Waals surface area (Å²) in [6.45, 7) is 6.00. The summed E-state index contributed by atoms with van der Waals surface area (Å²) in [4.78, 5) is 11.0. The Bertz CT molecular complexity index is 664. The zero-order valence-corrected chi connectivity index (χ0v) is 13.9. The van der Waals surface area contributed by atoms with Gasteiger partial charge in [-0.25, -0.2) is 4.79 Å². The number of rotatable bonds is 8. The fraction of sp³-hybridized carbons (Fsp3) is 0.350. The van der Waals surface area contributed by atoms with Crippen molar-refractivity contribution in [2.75, 3.05) is 6.54 Å². The Labute approximate surface area is 138 Å². The van der Waals surface area contributed by atoms with Crippen LogP contribution in [0.1, 0.15) is 46.0 Å². The average molecular weight is 311 g/mol. The zero-order chi connectivity index (χ0) is 16.7. The lowest BCUT2D eigenvalue weighted by Crippen LogP contribution is -2.15. The largest absolute Gasteiger partial charge is 0.478 e. The van der Waals surface area contributed by atoms with E-state index in [0.29, 0.717) is 5.56 Å². The Kier molecular flexibility index (Phi) is 6.36. The van der Waals surface area contributed by atoms with Crippen molar-refractivity contribution in [3.05, 3.63) is 70.3 Å². The monoisotopic (exact) mass is 311 g/mol. The van der Waals surface area contributed by atoms with Crippen LogP contribution in [-0.2, 0) is 19.4 Å². The molecule has 0 aliphatic rings. The third-order valence-electron chi connectivity index (χ3n) is 4.12. The third kappa shape index (κ3) is 5.22. The molecule has 0 saturated carbocycles. The minimum absolute atomic E-state index is 0.370. The highest BCUT2D eigenvalue weighted by Gasteiger charge is 2.06. The number of nitrogens with one attached hydrogen (secondary N) is 1. The lowest BCUT2D eigenvalue weighted by Gasteiger charge is -2.09. The van der Waals surface area contributed by atoms with Crippen LogP contribution >= 0.6 is 0 Å². The van der Waals surface area contributed by atoms with Crippen LogP contribution in [0.4, 0.5) is 0 Å². The molecular formula is C20H25NO2. The first kappa shape index (κ1) is 17.2. The van der Waals surface area contributed by atoms with E-state index >= 15 is 0 Å². The molecule has 122 valence electrons. The number of hydrogen-bond donors (Lipinski definition) is 2. The molecule has 0 saturated heterocycles. The maximum Gasteiger partial charge on any atom is 0.335 e. The van der Waals surface area contributed by atoms with Gasteiger partial charge in [-0.05, 0) is 67.1 Å². The minimum Gasteiger partial charge on any atom is -0.478 e. The van der Waals surface area contributed by atoms with Gasteiger partial charge in [0.25, 0.3) is 0 Å². The van der Waals surface area contributed by atoms with Crippen LogP contribution in [-0.4, -0.2) is 17.6 Å².